The highest BCUT2D eigenvalue weighted by atomic mass is 19.1. The van der Waals surface area contributed by atoms with E-state index in [0.717, 1.165) is 19.6 Å². The zero-order valence-electron chi connectivity index (χ0n) is 13.5. The molecule has 2 aromatic rings. The lowest BCUT2D eigenvalue weighted by atomic mass is 9.98. The minimum atomic E-state index is -0.361. The molecule has 24 heavy (non-hydrogen) atoms. The van der Waals surface area contributed by atoms with Gasteiger partial charge in [-0.05, 0) is 30.2 Å². The van der Waals surface area contributed by atoms with Gasteiger partial charge in [0.15, 0.2) is 0 Å². The number of hydrogen-bond donors (Lipinski definition) is 1. The van der Waals surface area contributed by atoms with E-state index in [4.69, 9.17) is 0 Å². The number of amides is 1. The Hall–Kier alpha value is -2.20. The molecule has 2 atom stereocenters. The van der Waals surface area contributed by atoms with E-state index < -0.39 is 0 Å². The molecule has 2 aliphatic rings. The van der Waals surface area contributed by atoms with Crippen molar-refractivity contribution in [3.8, 4) is 0 Å². The minimum absolute atomic E-state index is 0.0701. The molecule has 1 saturated carbocycles. The van der Waals surface area contributed by atoms with Crippen LogP contribution in [0.25, 0.3) is 0 Å². The lowest BCUT2D eigenvalue weighted by molar-refractivity contribution is 0.0499. The number of carbonyl (C=O) groups is 1. The van der Waals surface area contributed by atoms with Gasteiger partial charge in [-0.25, -0.2) is 4.39 Å². The smallest absolute Gasteiger partial charge is 0.253 e. The number of halogens is 1. The van der Waals surface area contributed by atoms with Gasteiger partial charge in [0.1, 0.15) is 5.82 Å². The molecule has 2 aromatic carbocycles. The van der Waals surface area contributed by atoms with Crippen molar-refractivity contribution in [1.82, 2.24) is 10.2 Å². The molecule has 0 bridgehead atoms. The fourth-order valence-electron chi connectivity index (χ4n) is 3.48. The fraction of sp³-hybridized carbons (Fsp3) is 0.350. The van der Waals surface area contributed by atoms with Crippen LogP contribution in [0.1, 0.15) is 28.3 Å². The molecule has 1 heterocycles. The molecule has 124 valence electrons. The van der Waals surface area contributed by atoms with E-state index in [9.17, 15) is 9.18 Å². The number of hydrogen-bond acceptors (Lipinski definition) is 2. The maximum atomic E-state index is 13.2. The van der Waals surface area contributed by atoms with Crippen LogP contribution < -0.4 is 5.32 Å². The SMILES string of the molecule is O=C(c1cccc(F)c1)N1CC(CN[C@H]2CC2c2ccccc2)C1. The van der Waals surface area contributed by atoms with E-state index in [1.165, 1.54) is 24.1 Å². The van der Waals surface area contributed by atoms with Crippen LogP contribution in [0.15, 0.2) is 54.6 Å². The first-order valence-electron chi connectivity index (χ1n) is 8.54. The van der Waals surface area contributed by atoms with E-state index in [2.05, 4.69) is 29.6 Å². The third-order valence-electron chi connectivity index (χ3n) is 5.00. The van der Waals surface area contributed by atoms with E-state index in [0.29, 0.717) is 23.4 Å². The molecule has 0 aromatic heterocycles. The Kier molecular flexibility index (Phi) is 4.07. The van der Waals surface area contributed by atoms with Gasteiger partial charge in [-0.15, -0.1) is 0 Å². The molecule has 3 nitrogen and oxygen atoms in total. The highest BCUT2D eigenvalue weighted by Crippen LogP contribution is 2.40. The van der Waals surface area contributed by atoms with Gasteiger partial charge in [0.05, 0.1) is 0 Å². The van der Waals surface area contributed by atoms with Gasteiger partial charge in [0, 0.05) is 43.1 Å². The molecule has 1 N–H and O–H groups in total. The fourth-order valence-corrected chi connectivity index (χ4v) is 3.48. The molecular formula is C20H21FN2O. The normalized spacial score (nSPS) is 23.0. The predicted molar refractivity (Wildman–Crippen MR) is 91.4 cm³/mol. The number of likely N-dealkylation sites (tertiary alicyclic amines) is 1. The summed E-state index contributed by atoms with van der Waals surface area (Å²) in [6, 6.07) is 17.1. The summed E-state index contributed by atoms with van der Waals surface area (Å²) in [6.07, 6.45) is 1.20. The van der Waals surface area contributed by atoms with Gasteiger partial charge in [-0.2, -0.15) is 0 Å². The molecule has 1 aliphatic heterocycles. The van der Waals surface area contributed by atoms with Crippen LogP contribution >= 0.6 is 0 Å². The molecule has 1 saturated heterocycles. The zero-order chi connectivity index (χ0) is 16.5. The van der Waals surface area contributed by atoms with Crippen LogP contribution in [0.5, 0.6) is 0 Å². The Morgan fingerprint density at radius 2 is 1.92 bits per heavy atom. The summed E-state index contributed by atoms with van der Waals surface area (Å²) in [5.41, 5.74) is 1.85. The van der Waals surface area contributed by atoms with E-state index >= 15 is 0 Å². The maximum Gasteiger partial charge on any atom is 0.253 e. The molecule has 1 aliphatic carbocycles. The average Bonchev–Trinajstić information content (AvgIpc) is 3.33. The zero-order valence-corrected chi connectivity index (χ0v) is 13.5. The van der Waals surface area contributed by atoms with Crippen molar-refractivity contribution < 1.29 is 9.18 Å². The van der Waals surface area contributed by atoms with Gasteiger partial charge in [0.25, 0.3) is 5.91 Å². The Bertz CT molecular complexity index is 727. The second kappa shape index (κ2) is 6.36. The van der Waals surface area contributed by atoms with Gasteiger partial charge < -0.3 is 10.2 Å². The third-order valence-corrected chi connectivity index (χ3v) is 5.00. The summed E-state index contributed by atoms with van der Waals surface area (Å²) in [6.45, 7) is 2.46. The van der Waals surface area contributed by atoms with Crippen molar-refractivity contribution in [3.05, 3.63) is 71.5 Å². The Morgan fingerprint density at radius 3 is 2.67 bits per heavy atom. The summed E-state index contributed by atoms with van der Waals surface area (Å²) in [7, 11) is 0. The van der Waals surface area contributed by atoms with Crippen molar-refractivity contribution in [2.24, 2.45) is 5.92 Å². The molecule has 4 rings (SSSR count). The lowest BCUT2D eigenvalue weighted by Gasteiger charge is -2.39. The first-order valence-corrected chi connectivity index (χ1v) is 8.54. The number of nitrogens with one attached hydrogen (secondary N) is 1. The van der Waals surface area contributed by atoms with E-state index in [1.54, 1.807) is 17.0 Å². The molecule has 4 heteroatoms. The first kappa shape index (κ1) is 15.3. The second-order valence-corrected chi connectivity index (χ2v) is 6.85. The van der Waals surface area contributed by atoms with E-state index in [-0.39, 0.29) is 11.7 Å². The molecule has 2 fully saturated rings. The number of carbonyl (C=O) groups excluding carboxylic acids is 1. The van der Waals surface area contributed by atoms with Crippen LogP contribution in [-0.2, 0) is 0 Å². The minimum Gasteiger partial charge on any atom is -0.338 e. The predicted octanol–water partition coefficient (Wildman–Crippen LogP) is 3.04. The second-order valence-electron chi connectivity index (χ2n) is 6.85. The van der Waals surface area contributed by atoms with Gasteiger partial charge >= 0.3 is 0 Å². The molecule has 0 spiro atoms. The van der Waals surface area contributed by atoms with Crippen molar-refractivity contribution in [1.29, 1.82) is 0 Å². The largest absolute Gasteiger partial charge is 0.338 e. The van der Waals surface area contributed by atoms with Crippen LogP contribution in [0.2, 0.25) is 0 Å². The van der Waals surface area contributed by atoms with Gasteiger partial charge in [0.2, 0.25) is 0 Å². The van der Waals surface area contributed by atoms with Crippen molar-refractivity contribution >= 4 is 5.91 Å². The monoisotopic (exact) mass is 324 g/mol. The average molecular weight is 324 g/mol. The highest BCUT2D eigenvalue weighted by molar-refractivity contribution is 5.94. The van der Waals surface area contributed by atoms with Crippen molar-refractivity contribution in [2.75, 3.05) is 19.6 Å². The standard InChI is InChI=1S/C20H21FN2O/c21-17-8-4-7-16(9-17)20(24)23-12-14(13-23)11-22-19-10-18(19)15-5-2-1-3-6-15/h1-9,14,18-19,22H,10-13H2/t18?,19-/m0/s1. The van der Waals surface area contributed by atoms with E-state index in [1.807, 2.05) is 6.07 Å². The summed E-state index contributed by atoms with van der Waals surface area (Å²) >= 11 is 0. The van der Waals surface area contributed by atoms with Gasteiger partial charge in [-0.1, -0.05) is 36.4 Å². The van der Waals surface area contributed by atoms with Crippen LogP contribution in [0, 0.1) is 11.7 Å². The molecule has 0 radical (unpaired) electrons. The maximum absolute atomic E-state index is 13.2. The topological polar surface area (TPSA) is 32.3 Å². The van der Waals surface area contributed by atoms with Gasteiger partial charge in [-0.3, -0.25) is 4.79 Å². The van der Waals surface area contributed by atoms with Crippen molar-refractivity contribution in [3.63, 3.8) is 0 Å². The van der Waals surface area contributed by atoms with Crippen LogP contribution in [0.3, 0.4) is 0 Å². The summed E-state index contributed by atoms with van der Waals surface area (Å²) in [5, 5.41) is 3.62. The Labute approximate surface area is 141 Å². The molecular weight excluding hydrogens is 303 g/mol. The summed E-state index contributed by atoms with van der Waals surface area (Å²) < 4.78 is 13.2. The van der Waals surface area contributed by atoms with Crippen LogP contribution in [-0.4, -0.2) is 36.5 Å². The quantitative estimate of drug-likeness (QED) is 0.917. The van der Waals surface area contributed by atoms with Crippen LogP contribution in [0.4, 0.5) is 4.39 Å². The lowest BCUT2D eigenvalue weighted by Crippen LogP contribution is -2.53. The first-order chi connectivity index (χ1) is 11.7. The molecule has 1 amide bonds. The summed E-state index contributed by atoms with van der Waals surface area (Å²) in [4.78, 5) is 14.0. The number of benzene rings is 2. The van der Waals surface area contributed by atoms with Crippen molar-refractivity contribution in [2.45, 2.75) is 18.4 Å². The number of nitrogens with zero attached hydrogens (tertiary/aromatic N) is 1. The molecule has 1 unspecified atom stereocenters. The Balaban J connectivity index is 1.21. The third kappa shape index (κ3) is 3.20. The highest BCUT2D eigenvalue weighted by Gasteiger charge is 2.39. The summed E-state index contributed by atoms with van der Waals surface area (Å²) in [5.74, 6) is 0.704. The number of rotatable bonds is 5. The Morgan fingerprint density at radius 1 is 1.12 bits per heavy atom.